The van der Waals surface area contributed by atoms with Crippen LogP contribution in [-0.4, -0.2) is 5.79 Å². The van der Waals surface area contributed by atoms with Crippen molar-refractivity contribution in [2.45, 2.75) is 43.7 Å². The van der Waals surface area contributed by atoms with E-state index in [9.17, 15) is 26.3 Å². The van der Waals surface area contributed by atoms with E-state index in [1.165, 1.54) is 0 Å². The summed E-state index contributed by atoms with van der Waals surface area (Å²) < 4.78 is 150. The number of halogens is 10. The van der Waals surface area contributed by atoms with E-state index in [2.05, 4.69) is 0 Å². The zero-order valence-corrected chi connectivity index (χ0v) is 17.8. The number of hydrogen-bond donors (Lipinski definition) is 0. The summed E-state index contributed by atoms with van der Waals surface area (Å²) in [6.45, 7) is 0. The minimum absolute atomic E-state index is 0.198. The van der Waals surface area contributed by atoms with Crippen LogP contribution in [0.1, 0.15) is 43.2 Å². The minimum Gasteiger partial charge on any atom is -0.304 e. The first-order valence-corrected chi connectivity index (χ1v) is 11.0. The van der Waals surface area contributed by atoms with Crippen LogP contribution in [-0.2, 0) is 20.3 Å². The summed E-state index contributed by atoms with van der Waals surface area (Å²) in [4.78, 5) is 10.2. The van der Waals surface area contributed by atoms with Crippen LogP contribution in [0.5, 0.6) is 0 Å². The maximum Gasteiger partial charge on any atom is 0.268 e. The average molecular weight is 528 g/mol. The van der Waals surface area contributed by atoms with Crippen LogP contribution >= 0.6 is 0 Å². The van der Waals surface area contributed by atoms with Crippen molar-refractivity contribution in [1.82, 2.24) is 0 Å². The predicted molar refractivity (Wildman–Crippen MR) is 96.3 cm³/mol. The topological polar surface area (TPSA) is 27.7 Å². The summed E-state index contributed by atoms with van der Waals surface area (Å²) in [5.41, 5.74) is -4.21. The van der Waals surface area contributed by atoms with E-state index in [-0.39, 0.29) is 11.8 Å². The lowest BCUT2D eigenvalue weighted by Gasteiger charge is -2.57. The van der Waals surface area contributed by atoms with Gasteiger partial charge in [0.05, 0.1) is 11.1 Å². The van der Waals surface area contributed by atoms with E-state index >= 15 is 17.6 Å². The van der Waals surface area contributed by atoms with Gasteiger partial charge in [-0.25, -0.2) is 43.9 Å². The molecule has 1 heterocycles. The maximum atomic E-state index is 15.0. The molecule has 13 heteroatoms. The summed E-state index contributed by atoms with van der Waals surface area (Å²) in [6.07, 6.45) is 2.55. The first-order chi connectivity index (χ1) is 16.9. The summed E-state index contributed by atoms with van der Waals surface area (Å²) >= 11 is 0. The van der Waals surface area contributed by atoms with Crippen molar-refractivity contribution in [2.75, 3.05) is 0 Å². The van der Waals surface area contributed by atoms with Gasteiger partial charge in [0.2, 0.25) is 17.4 Å². The van der Waals surface area contributed by atoms with E-state index in [0.717, 1.165) is 6.42 Å². The first-order valence-electron chi connectivity index (χ1n) is 11.0. The zero-order chi connectivity index (χ0) is 25.9. The second-order valence-electron chi connectivity index (χ2n) is 9.80. The maximum absolute atomic E-state index is 15.0. The van der Waals surface area contributed by atoms with Gasteiger partial charge < -0.3 is 4.74 Å². The van der Waals surface area contributed by atoms with Gasteiger partial charge in [-0.3, -0.25) is 0 Å². The summed E-state index contributed by atoms with van der Waals surface area (Å²) in [5.74, 6) is -32.7. The number of ether oxygens (including phenoxy) is 1. The van der Waals surface area contributed by atoms with Gasteiger partial charge in [-0.15, -0.1) is 0 Å². The van der Waals surface area contributed by atoms with Gasteiger partial charge in [0.15, 0.2) is 46.5 Å². The molecule has 4 aliphatic carbocycles. The van der Waals surface area contributed by atoms with Crippen molar-refractivity contribution in [3.63, 3.8) is 0 Å². The quantitative estimate of drug-likeness (QED) is 0.195. The molecule has 0 amide bonds. The Labute approximate surface area is 195 Å². The van der Waals surface area contributed by atoms with E-state index in [1.807, 2.05) is 0 Å². The number of rotatable bonds is 2. The van der Waals surface area contributed by atoms with Gasteiger partial charge >= 0.3 is 0 Å². The lowest BCUT2D eigenvalue weighted by molar-refractivity contribution is -0.387. The third-order valence-electron chi connectivity index (χ3n) is 7.95. The Morgan fingerprint density at radius 1 is 0.444 bits per heavy atom. The van der Waals surface area contributed by atoms with Gasteiger partial charge in [0.25, 0.3) is 5.79 Å². The molecule has 36 heavy (non-hydrogen) atoms. The van der Waals surface area contributed by atoms with Crippen molar-refractivity contribution in [1.29, 1.82) is 0 Å². The van der Waals surface area contributed by atoms with Crippen molar-refractivity contribution in [3.8, 4) is 0 Å². The van der Waals surface area contributed by atoms with Gasteiger partial charge in [0, 0.05) is 11.8 Å². The third kappa shape index (κ3) is 2.82. The average Bonchev–Trinajstić information content (AvgIpc) is 3.24. The molecular formula is C23H14F10O3. The SMILES string of the molecule is Fc1c(F)c(F)c(C2(c3c(F)c(F)c(F)c(F)c3F)OOC3(O2)C2CC4CC(C2)CC3C4)c(F)c1F. The Bertz CT molecular complexity index is 1160. The van der Waals surface area contributed by atoms with Crippen LogP contribution in [0.15, 0.2) is 0 Å². The van der Waals surface area contributed by atoms with Crippen LogP contribution in [0.4, 0.5) is 43.9 Å². The van der Waals surface area contributed by atoms with Crippen molar-refractivity contribution in [2.24, 2.45) is 23.7 Å². The van der Waals surface area contributed by atoms with Crippen molar-refractivity contribution < 1.29 is 58.4 Å². The van der Waals surface area contributed by atoms with Gasteiger partial charge in [-0.2, -0.15) is 9.78 Å². The van der Waals surface area contributed by atoms with Gasteiger partial charge in [0.1, 0.15) is 0 Å². The standard InChI is InChI=1S/C23H14F10O3/c24-12-10(13(25)17(29)20(32)16(12)28)23(11-14(26)18(30)21(33)19(31)15(11)27)34-22(35-36-23)8-2-6-1-7(4-8)5-9(22)3-6/h6-9H,1-5H2. The van der Waals surface area contributed by atoms with Crippen molar-refractivity contribution in [3.05, 3.63) is 69.3 Å². The largest absolute Gasteiger partial charge is 0.304 e. The lowest BCUT2D eigenvalue weighted by Crippen LogP contribution is -2.59. The van der Waals surface area contributed by atoms with Crippen LogP contribution in [0, 0.1) is 81.8 Å². The van der Waals surface area contributed by atoms with Crippen LogP contribution in [0.3, 0.4) is 0 Å². The molecule has 5 fully saturated rings. The molecule has 5 aliphatic rings. The smallest absolute Gasteiger partial charge is 0.268 e. The van der Waals surface area contributed by atoms with Gasteiger partial charge in [-0.05, 0) is 43.9 Å². The fourth-order valence-corrected chi connectivity index (χ4v) is 6.62. The second-order valence-corrected chi connectivity index (χ2v) is 9.80. The predicted octanol–water partition coefficient (Wildman–Crippen LogP) is 6.41. The van der Waals surface area contributed by atoms with E-state index in [4.69, 9.17) is 14.5 Å². The Kier molecular flexibility index (Phi) is 5.05. The molecule has 4 saturated carbocycles. The molecule has 3 nitrogen and oxygen atoms in total. The second kappa shape index (κ2) is 7.57. The highest BCUT2D eigenvalue weighted by molar-refractivity contribution is 5.40. The normalized spacial score (nSPS) is 32.2. The first kappa shape index (κ1) is 24.0. The molecule has 0 atom stereocenters. The molecule has 0 unspecified atom stereocenters. The van der Waals surface area contributed by atoms with Crippen LogP contribution in [0.2, 0.25) is 0 Å². The summed E-state index contributed by atoms with van der Waals surface area (Å²) in [7, 11) is 0. The van der Waals surface area contributed by atoms with E-state index < -0.39 is 92.7 Å². The molecule has 194 valence electrons. The highest BCUT2D eigenvalue weighted by Gasteiger charge is 2.70. The van der Waals surface area contributed by atoms with E-state index in [0.29, 0.717) is 25.7 Å². The number of hydrogen-bond acceptors (Lipinski definition) is 3. The molecule has 4 bridgehead atoms. The highest BCUT2D eigenvalue weighted by Crippen LogP contribution is 2.65. The third-order valence-corrected chi connectivity index (χ3v) is 7.95. The Balaban J connectivity index is 1.65. The van der Waals surface area contributed by atoms with Crippen LogP contribution in [0.25, 0.3) is 0 Å². The molecular weight excluding hydrogens is 514 g/mol. The minimum atomic E-state index is -3.86. The van der Waals surface area contributed by atoms with Crippen molar-refractivity contribution >= 4 is 0 Å². The number of benzene rings is 2. The zero-order valence-electron chi connectivity index (χ0n) is 17.8. The Hall–Kier alpha value is -2.38. The molecule has 2 aromatic carbocycles. The fourth-order valence-electron chi connectivity index (χ4n) is 6.62. The monoisotopic (exact) mass is 528 g/mol. The molecule has 2 aromatic rings. The summed E-state index contributed by atoms with van der Waals surface area (Å²) in [6, 6.07) is 0. The molecule has 7 rings (SSSR count). The molecule has 1 saturated heterocycles. The van der Waals surface area contributed by atoms with Crippen LogP contribution < -0.4 is 0 Å². The molecule has 0 radical (unpaired) electrons. The Morgan fingerprint density at radius 3 is 1.14 bits per heavy atom. The summed E-state index contributed by atoms with van der Waals surface area (Å²) in [5, 5.41) is 0. The molecule has 1 spiro atoms. The fraction of sp³-hybridized carbons (Fsp3) is 0.478. The highest BCUT2D eigenvalue weighted by atomic mass is 19.2. The van der Waals surface area contributed by atoms with E-state index in [1.54, 1.807) is 0 Å². The van der Waals surface area contributed by atoms with Gasteiger partial charge in [-0.1, -0.05) is 0 Å². The Morgan fingerprint density at radius 2 is 0.778 bits per heavy atom. The molecule has 0 aromatic heterocycles. The lowest BCUT2D eigenvalue weighted by atomic mass is 9.53. The molecule has 1 aliphatic heterocycles. The molecule has 0 N–H and O–H groups in total.